The summed E-state index contributed by atoms with van der Waals surface area (Å²) >= 11 is 3.31. The second-order valence-electron chi connectivity index (χ2n) is 5.65. The zero-order valence-electron chi connectivity index (χ0n) is 13.0. The van der Waals surface area contributed by atoms with Crippen LogP contribution in [-0.2, 0) is 0 Å². The molecular formula is C17H17BrFN3O2. The number of aromatic nitrogens is 1. The molecule has 0 unspecified atom stereocenters. The summed E-state index contributed by atoms with van der Waals surface area (Å²) in [6.07, 6.45) is 2.37. The molecule has 1 aliphatic rings. The van der Waals surface area contributed by atoms with Crippen molar-refractivity contribution in [3.63, 3.8) is 0 Å². The number of carbonyl (C=O) groups is 2. The van der Waals surface area contributed by atoms with Crippen molar-refractivity contribution in [2.45, 2.75) is 6.42 Å². The highest BCUT2D eigenvalue weighted by atomic mass is 79.9. The number of H-pyrrole nitrogens is 1. The SMILES string of the molecule is O=C(c1cc(Br)c[nH]1)N1CCCN(C(=O)c2ccccc2F)CC1. The fourth-order valence-electron chi connectivity index (χ4n) is 2.79. The van der Waals surface area contributed by atoms with Gasteiger partial charge < -0.3 is 14.8 Å². The largest absolute Gasteiger partial charge is 0.356 e. The summed E-state index contributed by atoms with van der Waals surface area (Å²) in [4.78, 5) is 31.2. The lowest BCUT2D eigenvalue weighted by Crippen LogP contribution is -2.37. The van der Waals surface area contributed by atoms with Gasteiger partial charge in [-0.15, -0.1) is 0 Å². The minimum atomic E-state index is -0.518. The van der Waals surface area contributed by atoms with E-state index in [0.717, 1.165) is 4.47 Å². The summed E-state index contributed by atoms with van der Waals surface area (Å²) < 4.78 is 14.6. The molecule has 2 aromatic rings. The molecule has 0 spiro atoms. The van der Waals surface area contributed by atoms with Crippen LogP contribution in [0.2, 0.25) is 0 Å². The van der Waals surface area contributed by atoms with Crippen molar-refractivity contribution >= 4 is 27.7 Å². The standard InChI is InChI=1S/C17H17BrFN3O2/c18-12-10-15(20-11-12)17(24)22-7-3-6-21(8-9-22)16(23)13-4-1-2-5-14(13)19/h1-2,4-5,10-11,20H,3,6-9H2. The van der Waals surface area contributed by atoms with Gasteiger partial charge in [-0.05, 0) is 40.5 Å². The third kappa shape index (κ3) is 3.51. The van der Waals surface area contributed by atoms with Crippen molar-refractivity contribution in [3.8, 4) is 0 Å². The van der Waals surface area contributed by atoms with Crippen molar-refractivity contribution in [3.05, 3.63) is 58.1 Å². The van der Waals surface area contributed by atoms with E-state index in [2.05, 4.69) is 20.9 Å². The van der Waals surface area contributed by atoms with Crippen molar-refractivity contribution in [2.24, 2.45) is 0 Å². The highest BCUT2D eigenvalue weighted by Crippen LogP contribution is 2.16. The van der Waals surface area contributed by atoms with Crippen LogP contribution in [0, 0.1) is 5.82 Å². The van der Waals surface area contributed by atoms with Crippen molar-refractivity contribution in [2.75, 3.05) is 26.2 Å². The molecule has 24 heavy (non-hydrogen) atoms. The Morgan fingerprint density at radius 3 is 2.33 bits per heavy atom. The number of rotatable bonds is 2. The number of hydrogen-bond acceptors (Lipinski definition) is 2. The molecule has 0 radical (unpaired) electrons. The van der Waals surface area contributed by atoms with Crippen LogP contribution in [0.5, 0.6) is 0 Å². The van der Waals surface area contributed by atoms with Crippen molar-refractivity contribution in [1.29, 1.82) is 0 Å². The maximum atomic E-state index is 13.8. The Morgan fingerprint density at radius 1 is 1.04 bits per heavy atom. The zero-order chi connectivity index (χ0) is 17.1. The summed E-state index contributed by atoms with van der Waals surface area (Å²) in [5, 5.41) is 0. The molecule has 3 rings (SSSR count). The third-order valence-electron chi connectivity index (χ3n) is 4.05. The van der Waals surface area contributed by atoms with Gasteiger partial charge in [0.05, 0.1) is 5.56 Å². The fourth-order valence-corrected chi connectivity index (χ4v) is 3.13. The minimum Gasteiger partial charge on any atom is -0.356 e. The molecule has 1 saturated heterocycles. The lowest BCUT2D eigenvalue weighted by Gasteiger charge is -2.22. The molecular weight excluding hydrogens is 377 g/mol. The van der Waals surface area contributed by atoms with Gasteiger partial charge in [-0.3, -0.25) is 9.59 Å². The van der Waals surface area contributed by atoms with E-state index in [4.69, 9.17) is 0 Å². The predicted molar refractivity (Wildman–Crippen MR) is 91.3 cm³/mol. The van der Waals surface area contributed by atoms with Gasteiger partial charge in [0.15, 0.2) is 0 Å². The highest BCUT2D eigenvalue weighted by molar-refractivity contribution is 9.10. The first-order valence-corrected chi connectivity index (χ1v) is 8.52. The number of halogens is 2. The second-order valence-corrected chi connectivity index (χ2v) is 6.57. The molecule has 2 heterocycles. The molecule has 126 valence electrons. The van der Waals surface area contributed by atoms with Gasteiger partial charge in [-0.2, -0.15) is 0 Å². The molecule has 0 saturated carbocycles. The molecule has 2 amide bonds. The second kappa shape index (κ2) is 7.17. The van der Waals surface area contributed by atoms with Gasteiger partial charge in [-0.1, -0.05) is 12.1 Å². The Bertz CT molecular complexity index is 762. The van der Waals surface area contributed by atoms with Crippen molar-refractivity contribution < 1.29 is 14.0 Å². The first kappa shape index (κ1) is 16.7. The van der Waals surface area contributed by atoms with Crippen LogP contribution in [0.3, 0.4) is 0 Å². The fraction of sp³-hybridized carbons (Fsp3) is 0.294. The van der Waals surface area contributed by atoms with Crippen LogP contribution in [0.4, 0.5) is 4.39 Å². The molecule has 0 aliphatic carbocycles. The van der Waals surface area contributed by atoms with E-state index in [0.29, 0.717) is 38.3 Å². The summed E-state index contributed by atoms with van der Waals surface area (Å²) in [5.41, 5.74) is 0.585. The van der Waals surface area contributed by atoms with Gasteiger partial charge in [0.1, 0.15) is 11.5 Å². The Morgan fingerprint density at radius 2 is 1.71 bits per heavy atom. The monoisotopic (exact) mass is 393 g/mol. The molecule has 1 aromatic carbocycles. The van der Waals surface area contributed by atoms with Crippen LogP contribution < -0.4 is 0 Å². The van der Waals surface area contributed by atoms with E-state index < -0.39 is 5.82 Å². The lowest BCUT2D eigenvalue weighted by molar-refractivity contribution is 0.0713. The third-order valence-corrected chi connectivity index (χ3v) is 4.51. The summed E-state index contributed by atoms with van der Waals surface area (Å²) in [7, 11) is 0. The van der Waals surface area contributed by atoms with Gasteiger partial charge in [0.2, 0.25) is 0 Å². The van der Waals surface area contributed by atoms with Crippen LogP contribution in [0.1, 0.15) is 27.3 Å². The van der Waals surface area contributed by atoms with Crippen LogP contribution in [0.25, 0.3) is 0 Å². The molecule has 1 N–H and O–H groups in total. The Kier molecular flexibility index (Phi) is 4.99. The first-order valence-electron chi connectivity index (χ1n) is 7.73. The molecule has 7 heteroatoms. The summed E-state index contributed by atoms with van der Waals surface area (Å²) in [5.74, 6) is -0.943. The molecule has 1 fully saturated rings. The quantitative estimate of drug-likeness (QED) is 0.852. The normalized spacial score (nSPS) is 15.2. The summed E-state index contributed by atoms with van der Waals surface area (Å²) in [6, 6.07) is 7.71. The highest BCUT2D eigenvalue weighted by Gasteiger charge is 2.25. The van der Waals surface area contributed by atoms with Gasteiger partial charge in [0, 0.05) is 36.8 Å². The van der Waals surface area contributed by atoms with E-state index in [1.807, 2.05) is 0 Å². The lowest BCUT2D eigenvalue weighted by atomic mass is 10.2. The van der Waals surface area contributed by atoms with Gasteiger partial charge in [-0.25, -0.2) is 4.39 Å². The maximum Gasteiger partial charge on any atom is 0.270 e. The number of carbonyl (C=O) groups excluding carboxylic acids is 2. The van der Waals surface area contributed by atoms with E-state index in [1.54, 1.807) is 34.2 Å². The smallest absolute Gasteiger partial charge is 0.270 e. The predicted octanol–water partition coefficient (Wildman–Crippen LogP) is 2.90. The van der Waals surface area contributed by atoms with Crippen molar-refractivity contribution in [1.82, 2.24) is 14.8 Å². The van der Waals surface area contributed by atoms with Crippen LogP contribution in [-0.4, -0.2) is 52.8 Å². The number of amides is 2. The molecule has 1 aromatic heterocycles. The Labute approximate surface area is 147 Å². The average Bonchev–Trinajstić information content (AvgIpc) is 2.87. The number of hydrogen-bond donors (Lipinski definition) is 1. The van der Waals surface area contributed by atoms with Crippen LogP contribution >= 0.6 is 15.9 Å². The van der Waals surface area contributed by atoms with Gasteiger partial charge >= 0.3 is 0 Å². The van der Waals surface area contributed by atoms with E-state index in [1.165, 1.54) is 12.1 Å². The first-order chi connectivity index (χ1) is 11.6. The topological polar surface area (TPSA) is 56.4 Å². The van der Waals surface area contributed by atoms with E-state index in [9.17, 15) is 14.0 Å². The van der Waals surface area contributed by atoms with E-state index >= 15 is 0 Å². The van der Waals surface area contributed by atoms with E-state index in [-0.39, 0.29) is 17.4 Å². The molecule has 0 atom stereocenters. The number of benzene rings is 1. The molecule has 0 bridgehead atoms. The Hall–Kier alpha value is -2.15. The molecule has 1 aliphatic heterocycles. The van der Waals surface area contributed by atoms with Crippen LogP contribution in [0.15, 0.2) is 41.0 Å². The maximum absolute atomic E-state index is 13.8. The zero-order valence-corrected chi connectivity index (χ0v) is 14.6. The number of aromatic amines is 1. The average molecular weight is 394 g/mol. The minimum absolute atomic E-state index is 0.0746. The van der Waals surface area contributed by atoms with Gasteiger partial charge in [0.25, 0.3) is 11.8 Å². The Balaban J connectivity index is 1.68. The number of nitrogens with zero attached hydrogens (tertiary/aromatic N) is 2. The molecule has 5 nitrogen and oxygen atoms in total. The summed E-state index contributed by atoms with van der Waals surface area (Å²) in [6.45, 7) is 1.89. The number of nitrogens with one attached hydrogen (secondary N) is 1.